The number of pyridine rings is 1. The third kappa shape index (κ3) is 3.54. The van der Waals surface area contributed by atoms with Crippen LogP contribution in [-0.2, 0) is 0 Å². The molecular formula is C26H30FN11. The van der Waals surface area contributed by atoms with Crippen LogP contribution in [0.4, 0.5) is 27.5 Å². The van der Waals surface area contributed by atoms with Gasteiger partial charge >= 0.3 is 0 Å². The number of benzene rings is 1. The van der Waals surface area contributed by atoms with E-state index in [2.05, 4.69) is 35.8 Å². The summed E-state index contributed by atoms with van der Waals surface area (Å²) < 4.78 is 16.4. The van der Waals surface area contributed by atoms with E-state index in [9.17, 15) is 4.39 Å². The first-order chi connectivity index (χ1) is 18.4. The van der Waals surface area contributed by atoms with Crippen molar-refractivity contribution in [3.63, 3.8) is 0 Å². The zero-order valence-electron chi connectivity index (χ0n) is 21.5. The van der Waals surface area contributed by atoms with E-state index in [0.29, 0.717) is 34.4 Å². The summed E-state index contributed by atoms with van der Waals surface area (Å²) in [5, 5.41) is 16.5. The van der Waals surface area contributed by atoms with Crippen LogP contribution in [0.5, 0.6) is 0 Å². The first-order valence-electron chi connectivity index (χ1n) is 13.1. The Labute approximate surface area is 218 Å². The molecule has 1 aliphatic carbocycles. The topological polar surface area (TPSA) is 138 Å². The zero-order valence-corrected chi connectivity index (χ0v) is 21.5. The average molecular weight is 516 g/mol. The van der Waals surface area contributed by atoms with Crippen molar-refractivity contribution in [3.8, 4) is 0 Å². The fraction of sp³-hybridized carbons (Fsp3) is 0.423. The zero-order chi connectivity index (χ0) is 26.1. The van der Waals surface area contributed by atoms with Gasteiger partial charge in [0.15, 0.2) is 5.65 Å². The Morgan fingerprint density at radius 1 is 1.18 bits per heavy atom. The van der Waals surface area contributed by atoms with E-state index in [1.54, 1.807) is 24.0 Å². The number of halogens is 1. The number of hydrogen-bond acceptors (Lipinski definition) is 9. The Balaban J connectivity index is 1.37. The van der Waals surface area contributed by atoms with Crippen LogP contribution in [0.2, 0.25) is 0 Å². The van der Waals surface area contributed by atoms with Crippen LogP contribution in [0.3, 0.4) is 0 Å². The van der Waals surface area contributed by atoms with Crippen molar-refractivity contribution < 1.29 is 4.39 Å². The average Bonchev–Trinajstić information content (AvgIpc) is 3.49. The predicted octanol–water partition coefficient (Wildman–Crippen LogP) is 4.07. The summed E-state index contributed by atoms with van der Waals surface area (Å²) in [5.74, 6) is 1.31. The molecule has 1 saturated carbocycles. The molecule has 5 N–H and O–H groups in total. The summed E-state index contributed by atoms with van der Waals surface area (Å²) in [6.07, 6.45) is 4.84. The normalized spacial score (nSPS) is 21.3. The summed E-state index contributed by atoms with van der Waals surface area (Å²) in [6, 6.07) is 5.57. The minimum Gasteiger partial charge on any atom is -0.386 e. The van der Waals surface area contributed by atoms with Crippen LogP contribution in [-0.4, -0.2) is 60.6 Å². The van der Waals surface area contributed by atoms with Crippen molar-refractivity contribution in [3.05, 3.63) is 30.2 Å². The first kappa shape index (κ1) is 23.1. The second-order valence-electron chi connectivity index (χ2n) is 10.7. The summed E-state index contributed by atoms with van der Waals surface area (Å²) in [5.41, 5.74) is 10.7. The molecule has 2 aliphatic heterocycles. The van der Waals surface area contributed by atoms with Gasteiger partial charge in [0.1, 0.15) is 22.8 Å². The molecule has 3 atom stereocenters. The molecule has 0 spiro atoms. The molecule has 3 fully saturated rings. The number of hydrogen-bond donors (Lipinski definition) is 4. The minimum absolute atomic E-state index is 0.155. The Hall–Kier alpha value is -4.06. The molecule has 5 aromatic rings. The lowest BCUT2D eigenvalue weighted by molar-refractivity contribution is 0.216. The summed E-state index contributed by atoms with van der Waals surface area (Å²) >= 11 is 0. The molecule has 3 aliphatic rings. The molecule has 2 bridgehead atoms. The summed E-state index contributed by atoms with van der Waals surface area (Å²) in [7, 11) is 1.78. The molecule has 2 unspecified atom stereocenters. The van der Waals surface area contributed by atoms with Gasteiger partial charge < -0.3 is 26.3 Å². The fourth-order valence-corrected chi connectivity index (χ4v) is 6.10. The Kier molecular flexibility index (Phi) is 5.15. The maximum absolute atomic E-state index is 14.7. The number of aromatic nitrogens is 7. The van der Waals surface area contributed by atoms with Gasteiger partial charge in [-0.15, -0.1) is 5.10 Å². The van der Waals surface area contributed by atoms with Gasteiger partial charge in [-0.1, -0.05) is 5.21 Å². The molecule has 2 saturated heterocycles. The number of H-pyrrole nitrogens is 1. The maximum Gasteiger partial charge on any atom is 0.231 e. The van der Waals surface area contributed by atoms with Gasteiger partial charge in [0.25, 0.3) is 0 Å². The van der Waals surface area contributed by atoms with Crippen LogP contribution >= 0.6 is 0 Å². The van der Waals surface area contributed by atoms with Crippen molar-refractivity contribution in [2.75, 3.05) is 29.1 Å². The van der Waals surface area contributed by atoms with Crippen molar-refractivity contribution in [2.45, 2.75) is 51.2 Å². The van der Waals surface area contributed by atoms with Crippen LogP contribution < -0.4 is 21.3 Å². The number of anilines is 4. The first-order valence-corrected chi connectivity index (χ1v) is 13.1. The Morgan fingerprint density at radius 2 is 2.05 bits per heavy atom. The van der Waals surface area contributed by atoms with Crippen molar-refractivity contribution in [1.29, 1.82) is 0 Å². The van der Waals surface area contributed by atoms with E-state index in [1.807, 2.05) is 19.9 Å². The smallest absolute Gasteiger partial charge is 0.231 e. The molecule has 11 nitrogen and oxygen atoms in total. The van der Waals surface area contributed by atoms with E-state index in [1.165, 1.54) is 6.07 Å². The molecule has 196 valence electrons. The highest BCUT2D eigenvalue weighted by Crippen LogP contribution is 2.42. The molecular weight excluding hydrogens is 485 g/mol. The van der Waals surface area contributed by atoms with Crippen LogP contribution in [0.15, 0.2) is 24.4 Å². The van der Waals surface area contributed by atoms with Gasteiger partial charge in [-0.25, -0.2) is 14.1 Å². The van der Waals surface area contributed by atoms with Crippen LogP contribution in [0.25, 0.3) is 33.1 Å². The second kappa shape index (κ2) is 8.48. The molecule has 0 radical (unpaired) electrons. The van der Waals surface area contributed by atoms with Crippen molar-refractivity contribution in [2.24, 2.45) is 11.7 Å². The third-order valence-electron chi connectivity index (χ3n) is 8.00. The number of fused-ring (bicyclic) bond motifs is 7. The third-order valence-corrected chi connectivity index (χ3v) is 8.00. The number of piperidine rings is 2. The molecule has 12 heteroatoms. The van der Waals surface area contributed by atoms with E-state index >= 15 is 0 Å². The number of nitrogens with two attached hydrogens (primary N) is 1. The minimum atomic E-state index is -0.313. The van der Waals surface area contributed by atoms with E-state index < -0.39 is 0 Å². The second-order valence-corrected chi connectivity index (χ2v) is 10.7. The van der Waals surface area contributed by atoms with Gasteiger partial charge in [-0.05, 0) is 57.2 Å². The molecule has 38 heavy (non-hydrogen) atoms. The Bertz CT molecular complexity index is 1690. The highest BCUT2D eigenvalue weighted by Gasteiger charge is 2.40. The molecule has 6 heterocycles. The van der Waals surface area contributed by atoms with Gasteiger partial charge in [-0.3, -0.25) is 0 Å². The highest BCUT2D eigenvalue weighted by molar-refractivity contribution is 6.15. The number of nitrogens with zero attached hydrogens (tertiary/aromatic N) is 7. The van der Waals surface area contributed by atoms with E-state index in [4.69, 9.17) is 15.7 Å². The quantitative estimate of drug-likeness (QED) is 0.273. The number of rotatable bonds is 5. The van der Waals surface area contributed by atoms with Crippen molar-refractivity contribution >= 4 is 56.2 Å². The van der Waals surface area contributed by atoms with Crippen molar-refractivity contribution in [1.82, 2.24) is 34.9 Å². The maximum atomic E-state index is 14.7. The van der Waals surface area contributed by atoms with Gasteiger partial charge in [0.05, 0.1) is 34.5 Å². The molecule has 8 rings (SSSR count). The fourth-order valence-electron chi connectivity index (χ4n) is 6.10. The van der Waals surface area contributed by atoms with Crippen LogP contribution in [0.1, 0.15) is 39.2 Å². The number of nitrogens with one attached hydrogen (secondary N) is 3. The lowest BCUT2D eigenvalue weighted by Gasteiger charge is -2.49. The lowest BCUT2D eigenvalue weighted by atomic mass is 9.76. The van der Waals surface area contributed by atoms with Gasteiger partial charge in [-0.2, -0.15) is 9.97 Å². The molecule has 4 aromatic heterocycles. The standard InChI is InChI=1S/C26H30FN11/c1-12(2)38-24-20(35-36-38)8-15(10-30-24)31-26-33-23-21(17-6-14(27)7-19(29-3)22(17)32-23)25(34-26)37-11-13-4-5-16(37)9-18(13)28/h6-8,10,12-13,16,18,29H,4-5,9,11,28H2,1-3H3,(H2,31,32,33,34)/t13?,16?,18-/m1/s1. The van der Waals surface area contributed by atoms with E-state index in [0.717, 1.165) is 53.6 Å². The van der Waals surface area contributed by atoms with Gasteiger partial charge in [0, 0.05) is 31.1 Å². The predicted molar refractivity (Wildman–Crippen MR) is 146 cm³/mol. The summed E-state index contributed by atoms with van der Waals surface area (Å²) in [4.78, 5) is 20.2. The molecule has 0 amide bonds. The molecule has 1 aromatic carbocycles. The number of aromatic amines is 1. The lowest BCUT2D eigenvalue weighted by Crippen LogP contribution is -2.57. The monoisotopic (exact) mass is 515 g/mol. The Morgan fingerprint density at radius 3 is 2.79 bits per heavy atom. The highest BCUT2D eigenvalue weighted by atomic mass is 19.1. The summed E-state index contributed by atoms with van der Waals surface area (Å²) in [6.45, 7) is 4.90. The van der Waals surface area contributed by atoms with Gasteiger partial charge in [0.2, 0.25) is 5.95 Å². The largest absolute Gasteiger partial charge is 0.386 e. The SMILES string of the molecule is CNc1cc(F)cc2c1[nH]c1nc(Nc3cnc4c(c3)nnn4C(C)C)nc(N3CC4CCC3C[C@H]4N)c12. The van der Waals surface area contributed by atoms with Crippen LogP contribution in [0, 0.1) is 11.7 Å². The van der Waals surface area contributed by atoms with E-state index in [-0.39, 0.29) is 23.9 Å².